The van der Waals surface area contributed by atoms with Crippen LogP contribution in [-0.2, 0) is 4.74 Å². The molecule has 0 saturated carbocycles. The lowest BCUT2D eigenvalue weighted by Gasteiger charge is -2.21. The summed E-state index contributed by atoms with van der Waals surface area (Å²) in [6, 6.07) is 0. The normalized spacial score (nSPS) is 10.7. The first-order valence-electron chi connectivity index (χ1n) is 6.14. The molecule has 1 N–H and O–H groups in total. The van der Waals surface area contributed by atoms with E-state index in [1.165, 1.54) is 6.20 Å². The fourth-order valence-corrected chi connectivity index (χ4v) is 1.58. The number of aliphatic hydroxyl groups excluding tert-OH is 1. The van der Waals surface area contributed by atoms with E-state index in [2.05, 4.69) is 9.97 Å². The van der Waals surface area contributed by atoms with Crippen LogP contribution in [0.3, 0.4) is 0 Å². The lowest BCUT2D eigenvalue weighted by Crippen LogP contribution is -2.33. The molecule has 0 atom stereocenters. The highest BCUT2D eigenvalue weighted by atomic mass is 19.3. The van der Waals surface area contributed by atoms with Crippen molar-refractivity contribution < 1.29 is 23.4 Å². The van der Waals surface area contributed by atoms with E-state index in [1.54, 1.807) is 13.8 Å². The van der Waals surface area contributed by atoms with Crippen molar-refractivity contribution in [3.8, 4) is 0 Å². The number of alkyl halides is 2. The Hall–Kier alpha value is -1.83. The van der Waals surface area contributed by atoms with Crippen LogP contribution in [0.1, 0.15) is 23.0 Å². The Kier molecular flexibility index (Phi) is 6.23. The fourth-order valence-electron chi connectivity index (χ4n) is 1.58. The number of hydrogen-bond donors (Lipinski definition) is 1. The number of hydrogen-bond acceptors (Lipinski definition) is 6. The van der Waals surface area contributed by atoms with Crippen molar-refractivity contribution >= 4 is 11.9 Å². The van der Waals surface area contributed by atoms with Crippen LogP contribution >= 0.6 is 0 Å². The van der Waals surface area contributed by atoms with Gasteiger partial charge in [0.1, 0.15) is 0 Å². The second-order valence-electron chi connectivity index (χ2n) is 3.95. The van der Waals surface area contributed by atoms with E-state index in [0.29, 0.717) is 5.69 Å². The highest BCUT2D eigenvalue weighted by Gasteiger charge is 2.18. The van der Waals surface area contributed by atoms with Gasteiger partial charge in [-0.05, 0) is 13.8 Å². The van der Waals surface area contributed by atoms with Gasteiger partial charge in [-0.2, -0.15) is 0 Å². The van der Waals surface area contributed by atoms with Crippen molar-refractivity contribution in [2.45, 2.75) is 20.3 Å². The molecule has 0 aliphatic carbocycles. The maximum atomic E-state index is 12.4. The van der Waals surface area contributed by atoms with Crippen molar-refractivity contribution in [3.05, 3.63) is 17.5 Å². The standard InChI is InChI=1S/C12H17F2N3O3/c1-3-20-11(19)9-6-15-12(16-8(9)2)17(4-5-18)7-10(13)14/h6,10,18H,3-5,7H2,1-2H3. The molecule has 112 valence electrons. The SMILES string of the molecule is CCOC(=O)c1cnc(N(CCO)CC(F)F)nc1C. The molecule has 0 aliphatic rings. The maximum Gasteiger partial charge on any atom is 0.341 e. The lowest BCUT2D eigenvalue weighted by atomic mass is 10.2. The summed E-state index contributed by atoms with van der Waals surface area (Å²) in [4.78, 5) is 20.6. The summed E-state index contributed by atoms with van der Waals surface area (Å²) in [5.74, 6) is -0.510. The summed E-state index contributed by atoms with van der Waals surface area (Å²) >= 11 is 0. The highest BCUT2D eigenvalue weighted by Crippen LogP contribution is 2.13. The molecule has 0 radical (unpaired) electrons. The molecule has 1 heterocycles. The summed E-state index contributed by atoms with van der Waals surface area (Å²) in [5, 5.41) is 8.88. The van der Waals surface area contributed by atoms with Gasteiger partial charge < -0.3 is 14.7 Å². The first-order valence-corrected chi connectivity index (χ1v) is 6.14. The lowest BCUT2D eigenvalue weighted by molar-refractivity contribution is 0.0524. The molecule has 20 heavy (non-hydrogen) atoms. The Balaban J connectivity index is 2.96. The van der Waals surface area contributed by atoms with Crippen LogP contribution in [0.4, 0.5) is 14.7 Å². The second kappa shape index (κ2) is 7.68. The number of nitrogens with zero attached hydrogens (tertiary/aromatic N) is 3. The molecule has 0 bridgehead atoms. The summed E-state index contributed by atoms with van der Waals surface area (Å²) in [6.07, 6.45) is -1.33. The third-order valence-corrected chi connectivity index (χ3v) is 2.47. The molecule has 0 aromatic carbocycles. The van der Waals surface area contributed by atoms with Crippen LogP contribution in [-0.4, -0.2) is 53.8 Å². The number of esters is 1. The minimum atomic E-state index is -2.57. The van der Waals surface area contributed by atoms with Crippen molar-refractivity contribution in [2.75, 3.05) is 31.2 Å². The first kappa shape index (κ1) is 16.2. The number of aliphatic hydroxyl groups is 1. The summed E-state index contributed by atoms with van der Waals surface area (Å²) in [7, 11) is 0. The van der Waals surface area contributed by atoms with Gasteiger partial charge in [-0.1, -0.05) is 0 Å². The van der Waals surface area contributed by atoms with Gasteiger partial charge >= 0.3 is 5.97 Å². The summed E-state index contributed by atoms with van der Waals surface area (Å²) in [6.45, 7) is 2.57. The second-order valence-corrected chi connectivity index (χ2v) is 3.95. The number of halogens is 2. The monoisotopic (exact) mass is 289 g/mol. The summed E-state index contributed by atoms with van der Waals surface area (Å²) in [5.41, 5.74) is 0.530. The van der Waals surface area contributed by atoms with Crippen molar-refractivity contribution in [1.29, 1.82) is 0 Å². The van der Waals surface area contributed by atoms with Crippen LogP contribution in [0.15, 0.2) is 6.20 Å². The van der Waals surface area contributed by atoms with Crippen LogP contribution in [0.2, 0.25) is 0 Å². The van der Waals surface area contributed by atoms with Gasteiger partial charge in [0.25, 0.3) is 6.43 Å². The molecule has 0 spiro atoms. The smallest absolute Gasteiger partial charge is 0.341 e. The van der Waals surface area contributed by atoms with Crippen LogP contribution in [0, 0.1) is 6.92 Å². The number of carbonyl (C=O) groups is 1. The van der Waals surface area contributed by atoms with Gasteiger partial charge in [0, 0.05) is 12.7 Å². The van der Waals surface area contributed by atoms with Crippen molar-refractivity contribution in [2.24, 2.45) is 0 Å². The van der Waals surface area contributed by atoms with E-state index in [1.807, 2.05) is 0 Å². The number of rotatable bonds is 7. The molecular formula is C12H17F2N3O3. The number of aryl methyl sites for hydroxylation is 1. The predicted molar refractivity (Wildman–Crippen MR) is 68.0 cm³/mol. The number of anilines is 1. The van der Waals surface area contributed by atoms with Gasteiger partial charge in [-0.25, -0.2) is 23.5 Å². The zero-order valence-corrected chi connectivity index (χ0v) is 11.3. The molecule has 0 fully saturated rings. The minimum Gasteiger partial charge on any atom is -0.462 e. The van der Waals surface area contributed by atoms with Crippen LogP contribution < -0.4 is 4.90 Å². The molecule has 0 aliphatic heterocycles. The molecule has 1 aromatic rings. The molecule has 0 saturated heterocycles. The van der Waals surface area contributed by atoms with E-state index in [-0.39, 0.29) is 31.3 Å². The molecule has 0 unspecified atom stereocenters. The average molecular weight is 289 g/mol. The van der Waals surface area contributed by atoms with Crippen LogP contribution in [0.25, 0.3) is 0 Å². The van der Waals surface area contributed by atoms with Crippen molar-refractivity contribution in [3.63, 3.8) is 0 Å². The third-order valence-electron chi connectivity index (χ3n) is 2.47. The van der Waals surface area contributed by atoms with Crippen molar-refractivity contribution in [1.82, 2.24) is 9.97 Å². The molecule has 8 heteroatoms. The Morgan fingerprint density at radius 3 is 2.75 bits per heavy atom. The third kappa shape index (κ3) is 4.37. The molecule has 1 rings (SSSR count). The minimum absolute atomic E-state index is 0.0114. The van der Waals surface area contributed by atoms with E-state index < -0.39 is 18.9 Å². The zero-order chi connectivity index (χ0) is 15.1. The van der Waals surface area contributed by atoms with E-state index >= 15 is 0 Å². The van der Waals surface area contributed by atoms with Gasteiger partial charge in [-0.15, -0.1) is 0 Å². The van der Waals surface area contributed by atoms with E-state index in [4.69, 9.17) is 9.84 Å². The largest absolute Gasteiger partial charge is 0.462 e. The first-order chi connectivity index (χ1) is 9.49. The van der Waals surface area contributed by atoms with Gasteiger partial charge in [-0.3, -0.25) is 0 Å². The van der Waals surface area contributed by atoms with E-state index in [0.717, 1.165) is 4.90 Å². The average Bonchev–Trinajstić information content (AvgIpc) is 2.37. The maximum absolute atomic E-state index is 12.4. The molecule has 6 nitrogen and oxygen atoms in total. The van der Waals surface area contributed by atoms with Gasteiger partial charge in [0.15, 0.2) is 0 Å². The molecular weight excluding hydrogens is 272 g/mol. The van der Waals surface area contributed by atoms with Crippen LogP contribution in [0.5, 0.6) is 0 Å². The van der Waals surface area contributed by atoms with Gasteiger partial charge in [0.05, 0.1) is 31.0 Å². The zero-order valence-electron chi connectivity index (χ0n) is 11.3. The summed E-state index contributed by atoms with van der Waals surface area (Å²) < 4.78 is 29.7. The number of carbonyl (C=O) groups excluding carboxylic acids is 1. The van der Waals surface area contributed by atoms with Gasteiger partial charge in [0.2, 0.25) is 5.95 Å². The number of aromatic nitrogens is 2. The number of ether oxygens (including phenoxy) is 1. The Morgan fingerprint density at radius 1 is 1.55 bits per heavy atom. The Labute approximate surface area is 115 Å². The quantitative estimate of drug-likeness (QED) is 0.755. The Morgan fingerprint density at radius 2 is 2.25 bits per heavy atom. The highest BCUT2D eigenvalue weighted by molar-refractivity contribution is 5.90. The Bertz CT molecular complexity index is 458. The topological polar surface area (TPSA) is 75.5 Å². The fraction of sp³-hybridized carbons (Fsp3) is 0.583. The molecule has 0 amide bonds. The van der Waals surface area contributed by atoms with E-state index in [9.17, 15) is 13.6 Å². The predicted octanol–water partition coefficient (Wildman–Crippen LogP) is 1.03. The molecule has 1 aromatic heterocycles.